The zero-order valence-electron chi connectivity index (χ0n) is 17.0. The summed E-state index contributed by atoms with van der Waals surface area (Å²) in [6.45, 7) is 7.58. The fourth-order valence-electron chi connectivity index (χ4n) is 4.70. The summed E-state index contributed by atoms with van der Waals surface area (Å²) in [6, 6.07) is 4.29. The van der Waals surface area contributed by atoms with Gasteiger partial charge in [0, 0.05) is 49.5 Å². The normalized spacial score (nSPS) is 21.9. The highest BCUT2D eigenvalue weighted by Gasteiger charge is 2.27. The molecule has 4 rings (SSSR count). The molecule has 4 heterocycles. The van der Waals surface area contributed by atoms with Gasteiger partial charge in [-0.2, -0.15) is 0 Å². The fraction of sp³-hybridized carbons (Fsp3) is 0.636. The number of rotatable bonds is 4. The average Bonchev–Trinajstić information content (AvgIpc) is 2.73. The molecule has 2 aromatic rings. The van der Waals surface area contributed by atoms with Crippen LogP contribution in [0.15, 0.2) is 24.5 Å². The zero-order valence-corrected chi connectivity index (χ0v) is 17.0. The Balaban J connectivity index is 1.60. The zero-order chi connectivity index (χ0) is 19.7. The van der Waals surface area contributed by atoms with Gasteiger partial charge in [0.15, 0.2) is 0 Å². The molecule has 0 bridgehead atoms. The topological polar surface area (TPSA) is 72.7 Å². The Hall–Kier alpha value is -1.92. The van der Waals surface area contributed by atoms with Crippen molar-refractivity contribution in [2.75, 3.05) is 36.0 Å². The van der Waals surface area contributed by atoms with E-state index in [2.05, 4.69) is 26.9 Å². The monoisotopic (exact) mass is 384 g/mol. The molecule has 28 heavy (non-hydrogen) atoms. The van der Waals surface area contributed by atoms with Crippen molar-refractivity contribution in [3.8, 4) is 0 Å². The molecule has 0 spiro atoms. The van der Waals surface area contributed by atoms with Crippen LogP contribution in [-0.4, -0.2) is 58.6 Å². The number of aliphatic hydroxyl groups excluding tert-OH is 2. The molecule has 6 nitrogen and oxygen atoms in total. The van der Waals surface area contributed by atoms with Gasteiger partial charge in [0.2, 0.25) is 0 Å². The molecule has 2 atom stereocenters. The lowest BCUT2D eigenvalue weighted by molar-refractivity contribution is 0.109. The summed E-state index contributed by atoms with van der Waals surface area (Å²) in [5.74, 6) is 1.79. The third-order valence-electron chi connectivity index (χ3n) is 6.69. The van der Waals surface area contributed by atoms with Crippen LogP contribution in [0.5, 0.6) is 0 Å². The highest BCUT2D eigenvalue weighted by Crippen LogP contribution is 2.34. The molecule has 0 amide bonds. The summed E-state index contributed by atoms with van der Waals surface area (Å²) in [7, 11) is 0. The van der Waals surface area contributed by atoms with Crippen molar-refractivity contribution in [2.24, 2.45) is 11.8 Å². The van der Waals surface area contributed by atoms with E-state index in [1.807, 2.05) is 26.2 Å². The minimum atomic E-state index is -0.235. The molecule has 2 aliphatic rings. The van der Waals surface area contributed by atoms with Gasteiger partial charge in [0.25, 0.3) is 0 Å². The summed E-state index contributed by atoms with van der Waals surface area (Å²) in [5, 5.41) is 20.9. The minimum Gasteiger partial charge on any atom is -0.393 e. The van der Waals surface area contributed by atoms with Crippen LogP contribution in [0.2, 0.25) is 0 Å². The first-order valence-electron chi connectivity index (χ1n) is 10.6. The fourth-order valence-corrected chi connectivity index (χ4v) is 4.70. The van der Waals surface area contributed by atoms with Crippen LogP contribution in [0.3, 0.4) is 0 Å². The van der Waals surface area contributed by atoms with E-state index in [4.69, 9.17) is 4.98 Å². The highest BCUT2D eigenvalue weighted by molar-refractivity contribution is 5.93. The van der Waals surface area contributed by atoms with Crippen LogP contribution in [0.4, 0.5) is 11.5 Å². The van der Waals surface area contributed by atoms with Crippen molar-refractivity contribution in [2.45, 2.75) is 51.7 Å². The summed E-state index contributed by atoms with van der Waals surface area (Å²) in [6.07, 6.45) is 7.26. The van der Waals surface area contributed by atoms with Crippen molar-refractivity contribution in [1.29, 1.82) is 0 Å². The molecule has 0 saturated carbocycles. The second-order valence-corrected chi connectivity index (χ2v) is 8.52. The average molecular weight is 385 g/mol. The molecule has 2 saturated heterocycles. The SMILES string of the molecule is CC(O)C1CCN(c2cc(N3CCC(C(C)O)CC3)c3ccncc3n2)CC1. The van der Waals surface area contributed by atoms with Crippen LogP contribution in [-0.2, 0) is 0 Å². The Bertz CT molecular complexity index is 794. The lowest BCUT2D eigenvalue weighted by Gasteiger charge is -2.37. The first-order chi connectivity index (χ1) is 13.5. The van der Waals surface area contributed by atoms with Gasteiger partial charge in [-0.25, -0.2) is 4.98 Å². The second kappa shape index (κ2) is 8.21. The van der Waals surface area contributed by atoms with Gasteiger partial charge in [-0.05, 0) is 57.4 Å². The molecule has 6 heteroatoms. The lowest BCUT2D eigenvalue weighted by Crippen LogP contribution is -2.38. The lowest BCUT2D eigenvalue weighted by atomic mass is 9.91. The Morgan fingerprint density at radius 3 is 2.07 bits per heavy atom. The maximum atomic E-state index is 9.92. The predicted molar refractivity (Wildman–Crippen MR) is 113 cm³/mol. The van der Waals surface area contributed by atoms with Gasteiger partial charge < -0.3 is 20.0 Å². The molecule has 2 fully saturated rings. The van der Waals surface area contributed by atoms with Crippen LogP contribution in [0.25, 0.3) is 10.9 Å². The Kier molecular flexibility index (Phi) is 5.69. The summed E-state index contributed by atoms with van der Waals surface area (Å²) < 4.78 is 0. The van der Waals surface area contributed by atoms with Crippen LogP contribution in [0, 0.1) is 11.8 Å². The van der Waals surface area contributed by atoms with E-state index < -0.39 is 0 Å². The van der Waals surface area contributed by atoms with E-state index in [1.54, 1.807) is 0 Å². The van der Waals surface area contributed by atoms with Gasteiger partial charge in [-0.1, -0.05) is 0 Å². The maximum Gasteiger partial charge on any atom is 0.131 e. The van der Waals surface area contributed by atoms with E-state index in [-0.39, 0.29) is 12.2 Å². The quantitative estimate of drug-likeness (QED) is 0.845. The number of hydrogen-bond acceptors (Lipinski definition) is 6. The van der Waals surface area contributed by atoms with Gasteiger partial charge in [0.1, 0.15) is 5.82 Å². The van der Waals surface area contributed by atoms with E-state index in [9.17, 15) is 10.2 Å². The van der Waals surface area contributed by atoms with Gasteiger partial charge in [-0.3, -0.25) is 4.98 Å². The van der Waals surface area contributed by atoms with E-state index >= 15 is 0 Å². The van der Waals surface area contributed by atoms with Crippen LogP contribution in [0.1, 0.15) is 39.5 Å². The van der Waals surface area contributed by atoms with Gasteiger partial charge in [-0.15, -0.1) is 0 Å². The highest BCUT2D eigenvalue weighted by atomic mass is 16.3. The van der Waals surface area contributed by atoms with Crippen molar-refractivity contribution in [1.82, 2.24) is 9.97 Å². The molecule has 152 valence electrons. The molecule has 0 radical (unpaired) electrons. The number of piperidine rings is 2. The summed E-state index contributed by atoms with van der Waals surface area (Å²) in [4.78, 5) is 14.0. The van der Waals surface area contributed by atoms with Crippen LogP contribution >= 0.6 is 0 Å². The predicted octanol–water partition coefficient (Wildman–Crippen LogP) is 2.82. The molecule has 2 aromatic heterocycles. The maximum absolute atomic E-state index is 9.92. The number of aromatic nitrogens is 2. The Morgan fingerprint density at radius 1 is 0.929 bits per heavy atom. The standard InChI is InChI=1S/C22H32N4O2/c1-15(27)17-4-9-25(10-5-17)21-13-22(24-20-14-23-8-3-19(20)21)26-11-6-18(7-12-26)16(2)28/h3,8,13-18,27-28H,4-7,9-12H2,1-2H3. The second-order valence-electron chi connectivity index (χ2n) is 8.52. The molecule has 2 aliphatic heterocycles. The van der Waals surface area contributed by atoms with Crippen molar-refractivity contribution >= 4 is 22.4 Å². The minimum absolute atomic E-state index is 0.230. The summed E-state index contributed by atoms with van der Waals surface area (Å²) in [5.41, 5.74) is 2.16. The van der Waals surface area contributed by atoms with Crippen molar-refractivity contribution in [3.05, 3.63) is 24.5 Å². The van der Waals surface area contributed by atoms with Crippen LogP contribution < -0.4 is 9.80 Å². The van der Waals surface area contributed by atoms with E-state index in [0.717, 1.165) is 68.6 Å². The third-order valence-corrected chi connectivity index (χ3v) is 6.69. The van der Waals surface area contributed by atoms with Crippen molar-refractivity contribution < 1.29 is 10.2 Å². The van der Waals surface area contributed by atoms with E-state index in [0.29, 0.717) is 11.8 Å². The molecule has 2 N–H and O–H groups in total. The number of anilines is 2. The molecular formula is C22H32N4O2. The largest absolute Gasteiger partial charge is 0.393 e. The smallest absolute Gasteiger partial charge is 0.131 e. The first-order valence-corrected chi connectivity index (χ1v) is 10.6. The first kappa shape index (κ1) is 19.4. The molecule has 2 unspecified atom stereocenters. The summed E-state index contributed by atoms with van der Waals surface area (Å²) >= 11 is 0. The van der Waals surface area contributed by atoms with Gasteiger partial charge >= 0.3 is 0 Å². The number of hydrogen-bond donors (Lipinski definition) is 2. The number of fused-ring (bicyclic) bond motifs is 1. The molecule has 0 aliphatic carbocycles. The third kappa shape index (κ3) is 3.94. The van der Waals surface area contributed by atoms with Crippen molar-refractivity contribution in [3.63, 3.8) is 0 Å². The molecule has 0 aromatic carbocycles. The Labute approximate surface area is 167 Å². The van der Waals surface area contributed by atoms with Gasteiger partial charge in [0.05, 0.1) is 23.9 Å². The number of aliphatic hydroxyl groups is 2. The molecular weight excluding hydrogens is 352 g/mol. The van der Waals surface area contributed by atoms with E-state index in [1.165, 1.54) is 5.69 Å². The number of pyridine rings is 2. The number of nitrogens with zero attached hydrogens (tertiary/aromatic N) is 4. The Morgan fingerprint density at radius 2 is 1.50 bits per heavy atom.